The number of carbonyl (C=O) groups is 1. The van der Waals surface area contributed by atoms with Crippen molar-refractivity contribution >= 4 is 63.1 Å². The number of esters is 1. The predicted molar refractivity (Wildman–Crippen MR) is 110 cm³/mol. The summed E-state index contributed by atoms with van der Waals surface area (Å²) in [6, 6.07) is 11.6. The third-order valence-corrected chi connectivity index (χ3v) is 4.88. The lowest BCUT2D eigenvalue weighted by atomic mass is 10.1. The van der Waals surface area contributed by atoms with Crippen molar-refractivity contribution in [2.24, 2.45) is 4.99 Å². The number of aryl methyl sites for hydroxylation is 1. The third-order valence-electron chi connectivity index (χ3n) is 3.45. The van der Waals surface area contributed by atoms with Crippen molar-refractivity contribution in [3.8, 4) is 5.75 Å². The zero-order valence-electron chi connectivity index (χ0n) is 13.0. The minimum atomic E-state index is -0.457. The van der Waals surface area contributed by atoms with E-state index >= 15 is 0 Å². The summed E-state index contributed by atoms with van der Waals surface area (Å²) in [5.41, 5.74) is 2.98. The number of rotatable bonds is 3. The molecule has 1 aliphatic heterocycles. The number of benzene rings is 2. The molecular formula is C18H13I2NO3. The lowest BCUT2D eigenvalue weighted by Gasteiger charge is -2.08. The van der Waals surface area contributed by atoms with Gasteiger partial charge in [-0.2, -0.15) is 0 Å². The van der Waals surface area contributed by atoms with Crippen LogP contribution in [0.1, 0.15) is 16.7 Å². The van der Waals surface area contributed by atoms with Gasteiger partial charge in [-0.3, -0.25) is 0 Å². The van der Waals surface area contributed by atoms with Gasteiger partial charge in [-0.15, -0.1) is 0 Å². The molecule has 0 radical (unpaired) electrons. The van der Waals surface area contributed by atoms with Gasteiger partial charge < -0.3 is 9.47 Å². The first-order chi connectivity index (χ1) is 11.5. The van der Waals surface area contributed by atoms with E-state index in [0.29, 0.717) is 5.90 Å². The molecule has 6 heteroatoms. The maximum Gasteiger partial charge on any atom is 0.363 e. The largest absolute Gasteiger partial charge is 0.495 e. The fourth-order valence-corrected chi connectivity index (χ4v) is 4.39. The number of cyclic esters (lactones) is 1. The molecule has 0 atom stereocenters. The summed E-state index contributed by atoms with van der Waals surface area (Å²) in [7, 11) is 1.61. The molecule has 0 aromatic heterocycles. The lowest BCUT2D eigenvalue weighted by Crippen LogP contribution is -2.05. The molecule has 0 saturated carbocycles. The second-order valence-corrected chi connectivity index (χ2v) is 7.62. The Hall–Kier alpha value is -1.42. The molecule has 3 rings (SSSR count). The highest BCUT2D eigenvalue weighted by molar-refractivity contribution is 14.1. The SMILES string of the molecule is COc1c(I)cc(I)cc1/C=C1\N=C(c2ccc(C)cc2)OC1=O. The monoisotopic (exact) mass is 545 g/mol. The Balaban J connectivity index is 2.02. The molecule has 122 valence electrons. The van der Waals surface area contributed by atoms with Gasteiger partial charge in [-0.1, -0.05) is 17.7 Å². The number of nitrogens with zero attached hydrogens (tertiary/aromatic N) is 1. The maximum absolute atomic E-state index is 12.1. The van der Waals surface area contributed by atoms with E-state index in [2.05, 4.69) is 50.2 Å². The summed E-state index contributed by atoms with van der Waals surface area (Å²) in [6.07, 6.45) is 1.70. The van der Waals surface area contributed by atoms with Crippen LogP contribution in [0.15, 0.2) is 47.1 Å². The molecule has 0 fully saturated rings. The smallest absolute Gasteiger partial charge is 0.363 e. The average molecular weight is 545 g/mol. The molecular weight excluding hydrogens is 532 g/mol. The summed E-state index contributed by atoms with van der Waals surface area (Å²) in [4.78, 5) is 16.5. The highest BCUT2D eigenvalue weighted by Crippen LogP contribution is 2.31. The number of methoxy groups -OCH3 is 1. The first-order valence-corrected chi connectivity index (χ1v) is 9.26. The van der Waals surface area contributed by atoms with Gasteiger partial charge in [-0.25, -0.2) is 9.79 Å². The summed E-state index contributed by atoms with van der Waals surface area (Å²) in [6.45, 7) is 2.00. The van der Waals surface area contributed by atoms with Crippen LogP contribution >= 0.6 is 45.2 Å². The van der Waals surface area contributed by atoms with E-state index in [-0.39, 0.29) is 5.70 Å². The Morgan fingerprint density at radius 1 is 1.17 bits per heavy atom. The number of aliphatic imine (C=N–C) groups is 1. The van der Waals surface area contributed by atoms with Crippen molar-refractivity contribution in [1.29, 1.82) is 0 Å². The van der Waals surface area contributed by atoms with E-state index in [1.807, 2.05) is 43.3 Å². The third kappa shape index (κ3) is 3.64. The Labute approximate surface area is 167 Å². The van der Waals surface area contributed by atoms with Gasteiger partial charge in [0.25, 0.3) is 0 Å². The van der Waals surface area contributed by atoms with Crippen LogP contribution < -0.4 is 4.74 Å². The fourth-order valence-electron chi connectivity index (χ4n) is 2.28. The molecule has 4 nitrogen and oxygen atoms in total. The van der Waals surface area contributed by atoms with Gasteiger partial charge in [-0.05, 0) is 82.4 Å². The molecule has 1 aliphatic rings. The first kappa shape index (κ1) is 17.4. The van der Waals surface area contributed by atoms with Crippen molar-refractivity contribution in [3.05, 3.63) is 65.9 Å². The van der Waals surface area contributed by atoms with E-state index in [1.165, 1.54) is 0 Å². The second kappa shape index (κ2) is 7.22. The molecule has 0 saturated heterocycles. The van der Waals surface area contributed by atoms with Gasteiger partial charge in [0.15, 0.2) is 5.70 Å². The van der Waals surface area contributed by atoms with E-state index in [9.17, 15) is 4.79 Å². The molecule has 0 aliphatic carbocycles. The number of ether oxygens (including phenoxy) is 2. The molecule has 2 aromatic carbocycles. The zero-order valence-corrected chi connectivity index (χ0v) is 17.3. The average Bonchev–Trinajstić information content (AvgIpc) is 2.88. The van der Waals surface area contributed by atoms with Gasteiger partial charge in [0.05, 0.1) is 10.7 Å². The topological polar surface area (TPSA) is 47.9 Å². The van der Waals surface area contributed by atoms with Crippen molar-refractivity contribution in [1.82, 2.24) is 0 Å². The molecule has 0 N–H and O–H groups in total. The second-order valence-electron chi connectivity index (χ2n) is 5.21. The maximum atomic E-state index is 12.1. The predicted octanol–water partition coefficient (Wildman–Crippen LogP) is 4.56. The Bertz CT molecular complexity index is 871. The molecule has 2 aromatic rings. The number of hydrogen-bond donors (Lipinski definition) is 0. The van der Waals surface area contributed by atoms with Crippen LogP contribution in [0.25, 0.3) is 6.08 Å². The normalized spacial score (nSPS) is 15.4. The summed E-state index contributed by atoms with van der Waals surface area (Å²) in [5.74, 6) is 0.586. The van der Waals surface area contributed by atoms with Crippen LogP contribution in [-0.4, -0.2) is 19.0 Å². The van der Waals surface area contributed by atoms with E-state index in [0.717, 1.165) is 29.6 Å². The molecule has 0 amide bonds. The van der Waals surface area contributed by atoms with Gasteiger partial charge in [0.1, 0.15) is 5.75 Å². The van der Waals surface area contributed by atoms with Crippen molar-refractivity contribution < 1.29 is 14.3 Å². The van der Waals surface area contributed by atoms with Crippen molar-refractivity contribution in [3.63, 3.8) is 0 Å². The first-order valence-electron chi connectivity index (χ1n) is 7.10. The van der Waals surface area contributed by atoms with Crippen LogP contribution in [0, 0.1) is 14.1 Å². The molecule has 0 bridgehead atoms. The van der Waals surface area contributed by atoms with Gasteiger partial charge in [0.2, 0.25) is 5.90 Å². The highest BCUT2D eigenvalue weighted by Gasteiger charge is 2.24. The fraction of sp³-hybridized carbons (Fsp3) is 0.111. The summed E-state index contributed by atoms with van der Waals surface area (Å²) < 4.78 is 12.8. The van der Waals surface area contributed by atoms with Gasteiger partial charge in [0, 0.05) is 14.7 Å². The highest BCUT2D eigenvalue weighted by atomic mass is 127. The number of halogens is 2. The van der Waals surface area contributed by atoms with Crippen LogP contribution in [0.4, 0.5) is 0 Å². The van der Waals surface area contributed by atoms with Crippen LogP contribution in [0.5, 0.6) is 5.75 Å². The van der Waals surface area contributed by atoms with Crippen LogP contribution in [0.2, 0.25) is 0 Å². The van der Waals surface area contributed by atoms with E-state index in [1.54, 1.807) is 13.2 Å². The Morgan fingerprint density at radius 2 is 1.88 bits per heavy atom. The van der Waals surface area contributed by atoms with Crippen molar-refractivity contribution in [2.75, 3.05) is 7.11 Å². The molecule has 0 unspecified atom stereocenters. The van der Waals surface area contributed by atoms with Crippen LogP contribution in [-0.2, 0) is 9.53 Å². The number of hydrogen-bond acceptors (Lipinski definition) is 4. The number of carbonyl (C=O) groups excluding carboxylic acids is 1. The molecule has 24 heavy (non-hydrogen) atoms. The van der Waals surface area contributed by atoms with Gasteiger partial charge >= 0.3 is 5.97 Å². The van der Waals surface area contributed by atoms with Crippen LogP contribution in [0.3, 0.4) is 0 Å². The summed E-state index contributed by atoms with van der Waals surface area (Å²) in [5, 5.41) is 0. The molecule has 0 spiro atoms. The lowest BCUT2D eigenvalue weighted by molar-refractivity contribution is -0.129. The zero-order chi connectivity index (χ0) is 17.3. The standard InChI is InChI=1S/C18H13I2NO3/c1-10-3-5-11(6-4-10)17-21-15(18(22)24-17)8-12-7-13(19)9-14(20)16(12)23-2/h3-9H,1-2H3/b15-8-. The Morgan fingerprint density at radius 3 is 2.54 bits per heavy atom. The van der Waals surface area contributed by atoms with Crippen molar-refractivity contribution in [2.45, 2.75) is 6.92 Å². The Kier molecular flexibility index (Phi) is 5.24. The van der Waals surface area contributed by atoms with E-state index < -0.39 is 5.97 Å². The minimum Gasteiger partial charge on any atom is -0.495 e. The minimum absolute atomic E-state index is 0.265. The van der Waals surface area contributed by atoms with E-state index in [4.69, 9.17) is 9.47 Å². The molecule has 1 heterocycles. The summed E-state index contributed by atoms with van der Waals surface area (Å²) >= 11 is 4.44. The quantitative estimate of drug-likeness (QED) is 0.323.